The summed E-state index contributed by atoms with van der Waals surface area (Å²) in [7, 11) is 0. The molecular weight excluding hydrogens is 541 g/mol. The Balaban J connectivity index is 1.87. The van der Waals surface area contributed by atoms with Crippen LogP contribution in [0, 0.1) is 17.1 Å². The minimum atomic E-state index is -2.72. The van der Waals surface area contributed by atoms with Crippen molar-refractivity contribution in [1.82, 2.24) is 14.9 Å². The van der Waals surface area contributed by atoms with Gasteiger partial charge in [0.25, 0.3) is 5.56 Å². The topological polar surface area (TPSA) is 150 Å². The summed E-state index contributed by atoms with van der Waals surface area (Å²) < 4.78 is 52.0. The lowest BCUT2D eigenvalue weighted by atomic mass is 10.1. The Bertz CT molecular complexity index is 1510. The highest BCUT2D eigenvalue weighted by Crippen LogP contribution is 2.36. The molecule has 2 aromatic carbocycles. The van der Waals surface area contributed by atoms with Crippen molar-refractivity contribution < 1.29 is 27.4 Å². The van der Waals surface area contributed by atoms with Crippen LogP contribution in [0.4, 0.5) is 14.9 Å². The fourth-order valence-electron chi connectivity index (χ4n) is 3.80. The number of benzene rings is 2. The number of hydrogen-bond acceptors (Lipinski definition) is 8. The number of halogens is 1. The first-order valence-electron chi connectivity index (χ1n) is 12.6. The number of alkyl carbamates (subject to hydrolysis) is 1. The molecule has 2 unspecified atom stereocenters. The molecule has 0 aliphatic carbocycles. The van der Waals surface area contributed by atoms with Crippen molar-refractivity contribution >= 4 is 34.0 Å². The maximum absolute atomic E-state index is 14.9. The quantitative estimate of drug-likeness (QED) is 0.275. The molecule has 11 nitrogen and oxygen atoms in total. The lowest BCUT2D eigenvalue weighted by Gasteiger charge is -2.32. The van der Waals surface area contributed by atoms with Gasteiger partial charge in [-0.2, -0.15) is 5.26 Å². The molecule has 0 aliphatic heterocycles. The van der Waals surface area contributed by atoms with Crippen LogP contribution in [0.5, 0.6) is 11.5 Å². The second-order valence-corrected chi connectivity index (χ2v) is 10.8. The number of fused-ring (bicyclic) bond motifs is 1. The number of nitrogens with zero attached hydrogens (tertiary/aromatic N) is 4. The largest absolute Gasteiger partial charge is 0.755 e. The van der Waals surface area contributed by atoms with Crippen LogP contribution >= 0.6 is 0 Å². The lowest BCUT2D eigenvalue weighted by molar-refractivity contribution is 0.0526. The number of hydrogen-bond donors (Lipinski definition) is 1. The molecule has 0 radical (unpaired) electrons. The normalized spacial score (nSPS) is 12.8. The number of carbonyl (C=O) groups is 1. The van der Waals surface area contributed by atoms with Gasteiger partial charge in [0.1, 0.15) is 23.0 Å². The van der Waals surface area contributed by atoms with Crippen molar-refractivity contribution in [3.63, 3.8) is 0 Å². The van der Waals surface area contributed by atoms with Crippen LogP contribution < -0.4 is 19.9 Å². The van der Waals surface area contributed by atoms with Gasteiger partial charge in [0, 0.05) is 30.4 Å². The number of aryl methyl sites for hydroxylation is 1. The first-order chi connectivity index (χ1) is 18.9. The number of carbonyl (C=O) groups excluding carboxylic acids is 1. The van der Waals surface area contributed by atoms with E-state index in [0.29, 0.717) is 18.4 Å². The maximum Gasteiger partial charge on any atom is 0.407 e. The first-order valence-corrected chi connectivity index (χ1v) is 13.6. The molecule has 214 valence electrons. The molecule has 0 spiro atoms. The highest BCUT2D eigenvalue weighted by Gasteiger charge is 2.24. The highest BCUT2D eigenvalue weighted by molar-refractivity contribution is 7.80. The number of nitrogens with one attached hydrogen (secondary N) is 1. The molecule has 2 atom stereocenters. The minimum absolute atomic E-state index is 0.0219. The molecule has 0 bridgehead atoms. The molecule has 3 rings (SSSR count). The molecule has 1 N–H and O–H groups in total. The van der Waals surface area contributed by atoms with Gasteiger partial charge in [-0.1, -0.05) is 6.92 Å². The van der Waals surface area contributed by atoms with Gasteiger partial charge in [-0.25, -0.2) is 14.2 Å². The summed E-state index contributed by atoms with van der Waals surface area (Å²) in [5, 5.41) is 12.6. The Morgan fingerprint density at radius 3 is 2.67 bits per heavy atom. The molecule has 0 saturated heterocycles. The molecule has 13 heteroatoms. The van der Waals surface area contributed by atoms with Gasteiger partial charge in [-0.15, -0.1) is 0 Å². The van der Waals surface area contributed by atoms with Gasteiger partial charge in [-0.05, 0) is 70.9 Å². The Kier molecular flexibility index (Phi) is 9.83. The minimum Gasteiger partial charge on any atom is -0.755 e. The number of ether oxygens (including phenoxy) is 2. The number of amides is 1. The highest BCUT2D eigenvalue weighted by atomic mass is 32.2. The third-order valence-corrected chi connectivity index (χ3v) is 6.73. The molecule has 0 aliphatic rings. The predicted molar refractivity (Wildman–Crippen MR) is 147 cm³/mol. The Morgan fingerprint density at radius 2 is 2.05 bits per heavy atom. The Morgan fingerprint density at radius 1 is 1.32 bits per heavy atom. The van der Waals surface area contributed by atoms with Gasteiger partial charge < -0.3 is 19.3 Å². The van der Waals surface area contributed by atoms with Crippen molar-refractivity contribution in [2.24, 2.45) is 0 Å². The zero-order chi connectivity index (χ0) is 29.6. The SMILES string of the molecule is CCC(C)N(c1ccc(F)c(Oc2ccc3ncn(CCCNC(=O)OC(C)(C)C)c(=O)c3c2)c1C#N)S(=O)[O-]. The van der Waals surface area contributed by atoms with E-state index < -0.39 is 40.6 Å². The van der Waals surface area contributed by atoms with E-state index in [9.17, 15) is 28.0 Å². The number of aromatic nitrogens is 2. The van der Waals surface area contributed by atoms with Crippen LogP contribution in [0.3, 0.4) is 0 Å². The Labute approximate surface area is 233 Å². The number of rotatable bonds is 10. The van der Waals surface area contributed by atoms with Crippen LogP contribution in [-0.4, -0.2) is 42.6 Å². The van der Waals surface area contributed by atoms with Gasteiger partial charge in [0.2, 0.25) is 0 Å². The van der Waals surface area contributed by atoms with Gasteiger partial charge in [-0.3, -0.25) is 17.9 Å². The predicted octanol–water partition coefficient (Wildman–Crippen LogP) is 4.51. The zero-order valence-corrected chi connectivity index (χ0v) is 23.7. The maximum atomic E-state index is 14.9. The number of nitriles is 1. The van der Waals surface area contributed by atoms with Crippen LogP contribution in [0.2, 0.25) is 0 Å². The van der Waals surface area contributed by atoms with E-state index in [4.69, 9.17) is 9.47 Å². The smallest absolute Gasteiger partial charge is 0.407 e. The molecule has 3 aromatic rings. The molecule has 0 fully saturated rings. The molecular formula is C27H31FN5O6S-. The second kappa shape index (κ2) is 12.9. The van der Waals surface area contributed by atoms with E-state index in [1.54, 1.807) is 34.6 Å². The Hall–Kier alpha value is -4.02. The van der Waals surface area contributed by atoms with Gasteiger partial charge >= 0.3 is 6.09 Å². The van der Waals surface area contributed by atoms with Crippen molar-refractivity contribution in [3.05, 3.63) is 58.4 Å². The van der Waals surface area contributed by atoms with E-state index in [2.05, 4.69) is 10.3 Å². The van der Waals surface area contributed by atoms with E-state index in [1.807, 2.05) is 6.07 Å². The van der Waals surface area contributed by atoms with Crippen LogP contribution in [0.1, 0.15) is 53.0 Å². The average molecular weight is 573 g/mol. The van der Waals surface area contributed by atoms with Gasteiger partial charge in [0.05, 0.1) is 22.9 Å². The van der Waals surface area contributed by atoms with Crippen LogP contribution in [0.25, 0.3) is 10.9 Å². The molecule has 40 heavy (non-hydrogen) atoms. The molecule has 0 saturated carbocycles. The summed E-state index contributed by atoms with van der Waals surface area (Å²) in [5.74, 6) is -1.28. The van der Waals surface area contributed by atoms with Crippen molar-refractivity contribution in [3.8, 4) is 17.6 Å². The zero-order valence-electron chi connectivity index (χ0n) is 22.9. The van der Waals surface area contributed by atoms with Crippen LogP contribution in [-0.2, 0) is 22.5 Å². The summed E-state index contributed by atoms with van der Waals surface area (Å²) in [6, 6.07) is 7.96. The standard InChI is InChI=1S/C27H32FN5O6S/c1-6-17(2)33(40(36)37)23-11-9-21(28)24(20(23)15-29)38-18-8-10-22-19(14-18)25(34)32(16-31-22)13-7-12-30-26(35)39-27(3,4)5/h8-11,14,16-17H,6-7,12-13H2,1-5H3,(H,30,35)(H,36,37)/p-1. The summed E-state index contributed by atoms with van der Waals surface area (Å²) in [4.78, 5) is 29.2. The molecule has 1 aromatic heterocycles. The summed E-state index contributed by atoms with van der Waals surface area (Å²) in [6.07, 6.45) is 1.72. The third-order valence-electron chi connectivity index (χ3n) is 5.85. The van der Waals surface area contributed by atoms with Crippen molar-refractivity contribution in [2.75, 3.05) is 10.8 Å². The average Bonchev–Trinajstić information content (AvgIpc) is 2.88. The first kappa shape index (κ1) is 30.5. The monoisotopic (exact) mass is 572 g/mol. The lowest BCUT2D eigenvalue weighted by Crippen LogP contribution is -2.34. The van der Waals surface area contributed by atoms with Crippen molar-refractivity contribution in [1.29, 1.82) is 5.26 Å². The van der Waals surface area contributed by atoms with Gasteiger partial charge in [0.15, 0.2) is 11.6 Å². The summed E-state index contributed by atoms with van der Waals surface area (Å²) in [6.45, 7) is 9.25. The third kappa shape index (κ3) is 7.34. The molecule has 1 heterocycles. The number of anilines is 1. The van der Waals surface area contributed by atoms with E-state index in [1.165, 1.54) is 35.2 Å². The second-order valence-electron chi connectivity index (χ2n) is 9.99. The fourth-order valence-corrected chi connectivity index (χ4v) is 4.56. The van der Waals surface area contributed by atoms with E-state index in [0.717, 1.165) is 10.4 Å². The summed E-state index contributed by atoms with van der Waals surface area (Å²) >= 11 is -2.72. The summed E-state index contributed by atoms with van der Waals surface area (Å²) in [5.41, 5.74) is -0.951. The molecule has 1 amide bonds. The van der Waals surface area contributed by atoms with Crippen LogP contribution in [0.15, 0.2) is 41.5 Å². The van der Waals surface area contributed by atoms with E-state index >= 15 is 0 Å². The van der Waals surface area contributed by atoms with E-state index in [-0.39, 0.29) is 41.0 Å². The van der Waals surface area contributed by atoms with Crippen molar-refractivity contribution in [2.45, 2.75) is 65.6 Å². The fraction of sp³-hybridized carbons (Fsp3) is 0.407.